The van der Waals surface area contributed by atoms with Crippen molar-refractivity contribution in [2.24, 2.45) is 0 Å². The molecule has 0 aromatic rings. The molecule has 1 radical (unpaired) electrons. The second-order valence-corrected chi connectivity index (χ2v) is 2.80. The summed E-state index contributed by atoms with van der Waals surface area (Å²) in [5.74, 6) is 0. The second-order valence-electron chi connectivity index (χ2n) is 1.39. The quantitative estimate of drug-likeness (QED) is 0.527. The van der Waals surface area contributed by atoms with E-state index in [1.165, 1.54) is 0 Å². The van der Waals surface area contributed by atoms with Crippen LogP contribution in [0.2, 0.25) is 0 Å². The molecule has 0 spiro atoms. The Labute approximate surface area is 53.2 Å². The third kappa shape index (κ3) is 6.54. The second kappa shape index (κ2) is 2.75. The molecule has 0 aliphatic heterocycles. The lowest BCUT2D eigenvalue weighted by molar-refractivity contribution is 0.113. The molecule has 0 heterocycles. The van der Waals surface area contributed by atoms with Crippen molar-refractivity contribution >= 4 is 23.2 Å². The number of halogens is 2. The Kier molecular flexibility index (Phi) is 2.96. The van der Waals surface area contributed by atoms with Gasteiger partial charge in [0.1, 0.15) is 0 Å². The van der Waals surface area contributed by atoms with Crippen molar-refractivity contribution in [3.8, 4) is 0 Å². The molecule has 3 heteroatoms. The van der Waals surface area contributed by atoms with Crippen LogP contribution in [0.4, 0.5) is 0 Å². The van der Waals surface area contributed by atoms with Gasteiger partial charge in [-0.2, -0.15) is 5.11 Å². The fraction of sp³-hybridized carbons (Fsp3) is 1.00. The van der Waals surface area contributed by atoms with Gasteiger partial charge >= 0.3 is 0 Å². The molecule has 7 heavy (non-hydrogen) atoms. The van der Waals surface area contributed by atoms with Gasteiger partial charge in [0, 0.05) is 6.42 Å². The molecule has 0 aliphatic rings. The molecule has 0 bridgehead atoms. The number of hydrogen-bond acceptors (Lipinski definition) is 0. The summed E-state index contributed by atoms with van der Waals surface area (Å²) in [5, 5.41) is 10.2. The summed E-state index contributed by atoms with van der Waals surface area (Å²) >= 11 is 10.1. The smallest absolute Gasteiger partial charge is 0.194 e. The summed E-state index contributed by atoms with van der Waals surface area (Å²) in [6.45, 7) is 1.86. The molecule has 0 aromatic carbocycles. The van der Waals surface area contributed by atoms with E-state index in [0.717, 1.165) is 6.42 Å². The topological polar surface area (TPSA) is 19.9 Å². The lowest BCUT2D eigenvalue weighted by Crippen LogP contribution is -2.06. The van der Waals surface area contributed by atoms with Crippen LogP contribution in [-0.4, -0.2) is 4.52 Å². The summed E-state index contributed by atoms with van der Waals surface area (Å²) < 4.78 is -1.76. The highest BCUT2D eigenvalue weighted by Gasteiger charge is 2.18. The van der Waals surface area contributed by atoms with Crippen LogP contribution in [0.3, 0.4) is 0 Å². The Bertz CT molecular complexity index is 48.1. The lowest BCUT2D eigenvalue weighted by atomic mass is 10.4. The van der Waals surface area contributed by atoms with Crippen molar-refractivity contribution in [3.63, 3.8) is 0 Å². The van der Waals surface area contributed by atoms with Gasteiger partial charge in [0.25, 0.3) is 0 Å². The third-order valence-corrected chi connectivity index (χ3v) is 0.919. The highest BCUT2D eigenvalue weighted by atomic mass is 35.5. The molecular weight excluding hydrogens is 135 g/mol. The van der Waals surface area contributed by atoms with E-state index in [0.29, 0.717) is 6.42 Å². The first-order valence-corrected chi connectivity index (χ1v) is 2.90. The predicted molar refractivity (Wildman–Crippen MR) is 30.0 cm³/mol. The van der Waals surface area contributed by atoms with Crippen LogP contribution < -0.4 is 0 Å². The van der Waals surface area contributed by atoms with Crippen molar-refractivity contribution in [2.45, 2.75) is 24.3 Å². The molecule has 0 amide bonds. The minimum absolute atomic E-state index is 0.316. The third-order valence-electron chi connectivity index (χ3n) is 0.541. The van der Waals surface area contributed by atoms with E-state index in [1.807, 2.05) is 6.92 Å². The largest absolute Gasteiger partial charge is 0.249 e. The highest BCUT2D eigenvalue weighted by molar-refractivity contribution is 6.46. The Balaban J connectivity index is 3.15. The van der Waals surface area contributed by atoms with E-state index in [2.05, 4.69) is 0 Å². The van der Waals surface area contributed by atoms with E-state index in [-0.39, 0.29) is 0 Å². The highest BCUT2D eigenvalue weighted by Crippen LogP contribution is 2.22. The Hall–Kier alpha value is 0.540. The van der Waals surface area contributed by atoms with Crippen molar-refractivity contribution in [1.82, 2.24) is 0 Å². The van der Waals surface area contributed by atoms with Gasteiger partial charge in [-0.3, -0.25) is 0 Å². The summed E-state index contributed by atoms with van der Waals surface area (Å²) in [6, 6.07) is 0. The molecule has 0 saturated heterocycles. The van der Waals surface area contributed by atoms with E-state index in [4.69, 9.17) is 23.2 Å². The number of hydrogen-bond donors (Lipinski definition) is 0. The van der Waals surface area contributed by atoms with Gasteiger partial charge in [0.05, 0.1) is 0 Å². The minimum atomic E-state index is -1.76. The van der Waals surface area contributed by atoms with E-state index < -0.39 is 4.52 Å². The Morgan fingerprint density at radius 1 is 1.57 bits per heavy atom. The maximum Gasteiger partial charge on any atom is 0.249 e. The number of rotatable bonds is 2. The van der Waals surface area contributed by atoms with Crippen LogP contribution in [0.25, 0.3) is 0 Å². The standard InChI is InChI=1S/C4H7Cl2O/c1-2-3-4(5,6)7/h2-3H2,1H3. The van der Waals surface area contributed by atoms with Crippen LogP contribution in [-0.2, 0) is 5.11 Å². The SMILES string of the molecule is CCCC([O])(Cl)Cl. The zero-order chi connectivity index (χ0) is 5.91. The van der Waals surface area contributed by atoms with Gasteiger partial charge in [-0.05, 0) is 0 Å². The van der Waals surface area contributed by atoms with E-state index in [9.17, 15) is 5.11 Å². The van der Waals surface area contributed by atoms with Crippen LogP contribution in [0.15, 0.2) is 0 Å². The van der Waals surface area contributed by atoms with Crippen LogP contribution in [0.1, 0.15) is 19.8 Å². The average Bonchev–Trinajstić information content (AvgIpc) is 1.30. The fourth-order valence-electron chi connectivity index (χ4n) is 0.291. The average molecular weight is 142 g/mol. The van der Waals surface area contributed by atoms with Crippen molar-refractivity contribution in [3.05, 3.63) is 0 Å². The van der Waals surface area contributed by atoms with Gasteiger partial charge in [-0.25, -0.2) is 0 Å². The number of alkyl halides is 2. The molecule has 43 valence electrons. The van der Waals surface area contributed by atoms with E-state index in [1.54, 1.807) is 0 Å². The van der Waals surface area contributed by atoms with Gasteiger partial charge in [-0.15, -0.1) is 0 Å². The molecule has 0 N–H and O–H groups in total. The summed E-state index contributed by atoms with van der Waals surface area (Å²) in [6.07, 6.45) is 1.05. The minimum Gasteiger partial charge on any atom is -0.194 e. The molecular formula is C4H7Cl2O. The predicted octanol–water partition coefficient (Wildman–Crippen LogP) is 2.35. The van der Waals surface area contributed by atoms with Gasteiger partial charge < -0.3 is 0 Å². The zero-order valence-corrected chi connectivity index (χ0v) is 5.59. The molecule has 0 rings (SSSR count). The van der Waals surface area contributed by atoms with Crippen molar-refractivity contribution in [2.75, 3.05) is 0 Å². The Morgan fingerprint density at radius 2 is 2.00 bits per heavy atom. The van der Waals surface area contributed by atoms with Gasteiger partial charge in [0.15, 0.2) is 0 Å². The normalized spacial score (nSPS) is 12.0. The van der Waals surface area contributed by atoms with Gasteiger partial charge in [0.2, 0.25) is 4.52 Å². The summed E-state index contributed by atoms with van der Waals surface area (Å²) in [4.78, 5) is 0. The molecule has 0 atom stereocenters. The van der Waals surface area contributed by atoms with Crippen molar-refractivity contribution < 1.29 is 5.11 Å². The fourth-order valence-corrected chi connectivity index (χ4v) is 0.669. The first-order chi connectivity index (χ1) is 3.06. The first kappa shape index (κ1) is 7.54. The Morgan fingerprint density at radius 3 is 2.00 bits per heavy atom. The lowest BCUT2D eigenvalue weighted by Gasteiger charge is -2.04. The maximum absolute atomic E-state index is 10.2. The van der Waals surface area contributed by atoms with Crippen LogP contribution in [0.5, 0.6) is 0 Å². The molecule has 0 fully saturated rings. The summed E-state index contributed by atoms with van der Waals surface area (Å²) in [5.41, 5.74) is 0. The van der Waals surface area contributed by atoms with Crippen molar-refractivity contribution in [1.29, 1.82) is 0 Å². The molecule has 0 aromatic heterocycles. The van der Waals surface area contributed by atoms with Gasteiger partial charge in [-0.1, -0.05) is 36.5 Å². The molecule has 0 saturated carbocycles. The molecule has 0 aliphatic carbocycles. The monoisotopic (exact) mass is 141 g/mol. The first-order valence-electron chi connectivity index (χ1n) is 2.14. The molecule has 0 unspecified atom stereocenters. The maximum atomic E-state index is 10.2. The summed E-state index contributed by atoms with van der Waals surface area (Å²) in [7, 11) is 0. The molecule has 1 nitrogen and oxygen atoms in total. The van der Waals surface area contributed by atoms with Crippen LogP contribution >= 0.6 is 23.2 Å². The van der Waals surface area contributed by atoms with E-state index >= 15 is 0 Å². The zero-order valence-electron chi connectivity index (χ0n) is 4.08. The van der Waals surface area contributed by atoms with Crippen LogP contribution in [0, 0.1) is 0 Å².